The zero-order valence-corrected chi connectivity index (χ0v) is 14.5. The summed E-state index contributed by atoms with van der Waals surface area (Å²) in [6.45, 7) is 4.46. The summed E-state index contributed by atoms with van der Waals surface area (Å²) in [6, 6.07) is 9.98. The minimum absolute atomic E-state index is 0.322. The van der Waals surface area contributed by atoms with Crippen LogP contribution in [0, 0.1) is 13.8 Å². The van der Waals surface area contributed by atoms with Gasteiger partial charge >= 0.3 is 0 Å². The van der Waals surface area contributed by atoms with Gasteiger partial charge in [-0.05, 0) is 19.4 Å². The summed E-state index contributed by atoms with van der Waals surface area (Å²) >= 11 is 6.13. The maximum Gasteiger partial charge on any atom is 0.276 e. The summed E-state index contributed by atoms with van der Waals surface area (Å²) in [6.07, 6.45) is 1.83. The fourth-order valence-electron chi connectivity index (χ4n) is 2.57. The summed E-state index contributed by atoms with van der Waals surface area (Å²) in [5, 5.41) is 11.6. The van der Waals surface area contributed by atoms with E-state index in [-0.39, 0.29) is 5.91 Å². The Morgan fingerprint density at radius 1 is 1.25 bits per heavy atom. The highest BCUT2D eigenvalue weighted by Gasteiger charge is 2.19. The van der Waals surface area contributed by atoms with Crippen LogP contribution >= 0.6 is 11.6 Å². The smallest absolute Gasteiger partial charge is 0.276 e. The fourth-order valence-corrected chi connectivity index (χ4v) is 2.81. The minimum Gasteiger partial charge on any atom is -0.304 e. The molecule has 0 radical (unpaired) electrons. The van der Waals surface area contributed by atoms with Crippen molar-refractivity contribution in [1.82, 2.24) is 19.6 Å². The highest BCUT2D eigenvalue weighted by atomic mass is 35.5. The first-order valence-corrected chi connectivity index (χ1v) is 7.91. The molecule has 1 amide bonds. The molecule has 1 aromatic carbocycles. The van der Waals surface area contributed by atoms with Crippen molar-refractivity contribution in [2.45, 2.75) is 20.4 Å². The van der Waals surface area contributed by atoms with Crippen molar-refractivity contribution in [3.8, 4) is 0 Å². The molecule has 0 atom stereocenters. The van der Waals surface area contributed by atoms with E-state index in [9.17, 15) is 4.79 Å². The predicted octanol–water partition coefficient (Wildman–Crippen LogP) is 3.19. The van der Waals surface area contributed by atoms with E-state index in [1.54, 1.807) is 24.7 Å². The number of nitrogens with zero attached hydrogens (tertiary/aromatic N) is 4. The summed E-state index contributed by atoms with van der Waals surface area (Å²) < 4.78 is 3.25. The molecule has 3 aromatic rings. The lowest BCUT2D eigenvalue weighted by atomic mass is 10.1. The number of nitrogens with one attached hydrogen (secondary N) is 1. The van der Waals surface area contributed by atoms with Gasteiger partial charge in [0.2, 0.25) is 0 Å². The molecular formula is C17H18ClN5O. The highest BCUT2D eigenvalue weighted by molar-refractivity contribution is 6.34. The van der Waals surface area contributed by atoms with E-state index >= 15 is 0 Å². The number of rotatable bonds is 4. The average Bonchev–Trinajstić information content (AvgIpc) is 3.04. The van der Waals surface area contributed by atoms with Crippen molar-refractivity contribution in [1.29, 1.82) is 0 Å². The molecule has 0 bridgehead atoms. The molecule has 124 valence electrons. The van der Waals surface area contributed by atoms with Crippen LogP contribution in [0.4, 0.5) is 5.82 Å². The van der Waals surface area contributed by atoms with E-state index in [0.29, 0.717) is 28.8 Å². The fraction of sp³-hybridized carbons (Fsp3) is 0.235. The number of aromatic nitrogens is 4. The Labute approximate surface area is 145 Å². The number of halogens is 1. The second kappa shape index (κ2) is 6.49. The van der Waals surface area contributed by atoms with Crippen molar-refractivity contribution in [2.24, 2.45) is 7.05 Å². The topological polar surface area (TPSA) is 64.7 Å². The van der Waals surface area contributed by atoms with E-state index < -0.39 is 0 Å². The normalized spacial score (nSPS) is 10.8. The Bertz CT molecular complexity index is 896. The van der Waals surface area contributed by atoms with Crippen molar-refractivity contribution in [2.75, 3.05) is 5.32 Å². The third-order valence-corrected chi connectivity index (χ3v) is 4.13. The number of anilines is 1. The van der Waals surface area contributed by atoms with Crippen molar-refractivity contribution in [3.05, 3.63) is 64.1 Å². The van der Waals surface area contributed by atoms with E-state index in [1.807, 2.05) is 18.3 Å². The van der Waals surface area contributed by atoms with Gasteiger partial charge in [0.25, 0.3) is 5.91 Å². The van der Waals surface area contributed by atoms with Crippen LogP contribution in [0.1, 0.15) is 27.3 Å². The molecule has 7 heteroatoms. The van der Waals surface area contributed by atoms with Crippen LogP contribution in [0.15, 0.2) is 36.5 Å². The van der Waals surface area contributed by atoms with Crippen LogP contribution in [0.2, 0.25) is 5.02 Å². The third-order valence-electron chi connectivity index (χ3n) is 3.67. The van der Waals surface area contributed by atoms with Crippen LogP contribution in [-0.4, -0.2) is 25.5 Å². The molecule has 0 fully saturated rings. The Morgan fingerprint density at radius 3 is 2.71 bits per heavy atom. The summed E-state index contributed by atoms with van der Waals surface area (Å²) in [5.41, 5.74) is 3.30. The molecule has 2 heterocycles. The number of hydrogen-bond donors (Lipinski definition) is 1. The van der Waals surface area contributed by atoms with E-state index in [1.165, 1.54) is 10.2 Å². The van der Waals surface area contributed by atoms with Gasteiger partial charge in [-0.1, -0.05) is 41.4 Å². The van der Waals surface area contributed by atoms with Gasteiger partial charge in [-0.15, -0.1) is 0 Å². The first kappa shape index (κ1) is 16.3. The predicted molar refractivity (Wildman–Crippen MR) is 93.4 cm³/mol. The van der Waals surface area contributed by atoms with E-state index in [0.717, 1.165) is 5.56 Å². The molecule has 0 aliphatic heterocycles. The van der Waals surface area contributed by atoms with Crippen LogP contribution in [-0.2, 0) is 13.6 Å². The Morgan fingerprint density at radius 2 is 2.04 bits per heavy atom. The largest absolute Gasteiger partial charge is 0.304 e. The molecule has 2 aromatic heterocycles. The molecule has 24 heavy (non-hydrogen) atoms. The standard InChI is InChI=1S/C17H18ClN5O/c1-11-5-4-6-13(9-11)10-23-8-7-14(21-23)19-17(24)16-15(18)12(2)20-22(16)3/h4-9H,10H2,1-3H3,(H,19,21,24). The second-order valence-electron chi connectivity index (χ2n) is 5.71. The minimum atomic E-state index is -0.330. The van der Waals surface area contributed by atoms with Gasteiger partial charge in [0.1, 0.15) is 5.69 Å². The van der Waals surface area contributed by atoms with Gasteiger partial charge in [-0.3, -0.25) is 14.2 Å². The van der Waals surface area contributed by atoms with Gasteiger partial charge in [0.05, 0.1) is 17.3 Å². The van der Waals surface area contributed by atoms with E-state index in [2.05, 4.69) is 34.6 Å². The molecule has 0 spiro atoms. The third kappa shape index (κ3) is 3.33. The molecule has 0 aliphatic carbocycles. The van der Waals surface area contributed by atoms with Gasteiger partial charge in [0, 0.05) is 19.3 Å². The highest BCUT2D eigenvalue weighted by Crippen LogP contribution is 2.20. The van der Waals surface area contributed by atoms with Gasteiger partial charge in [0.15, 0.2) is 5.82 Å². The van der Waals surface area contributed by atoms with Crippen LogP contribution in [0.5, 0.6) is 0 Å². The zero-order chi connectivity index (χ0) is 17.3. The SMILES string of the molecule is Cc1cccc(Cn2ccc(NC(=O)c3c(Cl)c(C)nn3C)n2)c1. The van der Waals surface area contributed by atoms with Gasteiger partial charge < -0.3 is 5.32 Å². The average molecular weight is 344 g/mol. The Balaban J connectivity index is 1.73. The molecule has 0 saturated carbocycles. The first-order chi connectivity index (χ1) is 11.4. The molecule has 3 rings (SSSR count). The molecule has 1 N–H and O–H groups in total. The molecule has 0 unspecified atom stereocenters. The number of aryl methyl sites for hydroxylation is 3. The monoisotopic (exact) mass is 343 g/mol. The van der Waals surface area contributed by atoms with Crippen molar-refractivity contribution < 1.29 is 4.79 Å². The first-order valence-electron chi connectivity index (χ1n) is 7.53. The maximum absolute atomic E-state index is 12.4. The summed E-state index contributed by atoms with van der Waals surface area (Å²) in [7, 11) is 1.68. The maximum atomic E-state index is 12.4. The number of carbonyl (C=O) groups excluding carboxylic acids is 1. The molecule has 0 aliphatic rings. The Hall–Kier alpha value is -2.60. The number of hydrogen-bond acceptors (Lipinski definition) is 3. The lowest BCUT2D eigenvalue weighted by Crippen LogP contribution is -2.17. The number of amides is 1. The number of carbonyl (C=O) groups is 1. The quantitative estimate of drug-likeness (QED) is 0.791. The molecule has 6 nitrogen and oxygen atoms in total. The van der Waals surface area contributed by atoms with Crippen LogP contribution in [0.25, 0.3) is 0 Å². The molecular weight excluding hydrogens is 326 g/mol. The van der Waals surface area contributed by atoms with Crippen molar-refractivity contribution in [3.63, 3.8) is 0 Å². The number of benzene rings is 1. The lowest BCUT2D eigenvalue weighted by molar-refractivity contribution is 0.101. The molecule has 0 saturated heterocycles. The summed E-state index contributed by atoms with van der Waals surface area (Å²) in [4.78, 5) is 12.4. The van der Waals surface area contributed by atoms with E-state index in [4.69, 9.17) is 11.6 Å². The van der Waals surface area contributed by atoms with Crippen LogP contribution < -0.4 is 5.32 Å². The summed E-state index contributed by atoms with van der Waals surface area (Å²) in [5.74, 6) is 0.145. The lowest BCUT2D eigenvalue weighted by Gasteiger charge is -2.04. The van der Waals surface area contributed by atoms with Crippen molar-refractivity contribution >= 4 is 23.3 Å². The van der Waals surface area contributed by atoms with Gasteiger partial charge in [-0.25, -0.2) is 0 Å². The van der Waals surface area contributed by atoms with Gasteiger partial charge in [-0.2, -0.15) is 10.2 Å². The second-order valence-corrected chi connectivity index (χ2v) is 6.09. The van der Waals surface area contributed by atoms with Crippen LogP contribution in [0.3, 0.4) is 0 Å². The Kier molecular flexibility index (Phi) is 4.40. The zero-order valence-electron chi connectivity index (χ0n) is 13.7.